The van der Waals surface area contributed by atoms with E-state index >= 15 is 0 Å². The minimum absolute atomic E-state index is 0.172. The van der Waals surface area contributed by atoms with Gasteiger partial charge < -0.3 is 11.5 Å². The number of hydrazone groups is 1. The molecule has 1 aromatic carbocycles. The fourth-order valence-corrected chi connectivity index (χ4v) is 4.42. The van der Waals surface area contributed by atoms with Crippen LogP contribution in [0.3, 0.4) is 0 Å². The maximum atomic E-state index is 12.1. The lowest BCUT2D eigenvalue weighted by Gasteiger charge is -2.16. The third kappa shape index (κ3) is 3.89. The first-order valence-electron chi connectivity index (χ1n) is 6.70. The number of sulfonamides is 2. The molecule has 26 heavy (non-hydrogen) atoms. The summed E-state index contributed by atoms with van der Waals surface area (Å²) in [6, 6.07) is 5.26. The first kappa shape index (κ1) is 19.5. The molecule has 1 aromatic heterocycles. The van der Waals surface area contributed by atoms with Crippen LogP contribution in [0.5, 0.6) is 0 Å². The lowest BCUT2D eigenvalue weighted by atomic mass is 10.0. The highest BCUT2D eigenvalue weighted by Crippen LogP contribution is 2.32. The number of nitrogens with zero attached hydrogens (tertiary/aromatic N) is 2. The number of benzene rings is 1. The number of rotatable bonds is 5. The molecule has 11 N–H and O–H groups in total. The van der Waals surface area contributed by atoms with Crippen LogP contribution in [0.15, 0.2) is 45.4 Å². The summed E-state index contributed by atoms with van der Waals surface area (Å²) in [5, 5.41) is 13.8. The number of hydrazine groups is 1. The molecule has 0 saturated carbocycles. The molecule has 12 nitrogen and oxygen atoms in total. The number of hydrogen-bond acceptors (Lipinski definition) is 9. The van der Waals surface area contributed by atoms with Gasteiger partial charge in [-0.2, -0.15) is 0 Å². The van der Waals surface area contributed by atoms with Crippen LogP contribution in [0.25, 0.3) is 11.1 Å². The van der Waals surface area contributed by atoms with Gasteiger partial charge in [0.15, 0.2) is 5.84 Å². The number of aromatic nitrogens is 1. The lowest BCUT2D eigenvalue weighted by molar-refractivity contribution is 0.584. The number of amidine groups is 1. The lowest BCUT2D eigenvalue weighted by Crippen LogP contribution is -2.29. The smallest absolute Gasteiger partial charge is 0.240 e. The van der Waals surface area contributed by atoms with Crippen molar-refractivity contribution in [2.24, 2.45) is 27.0 Å². The molecule has 0 aliphatic heterocycles. The van der Waals surface area contributed by atoms with Crippen molar-refractivity contribution in [3.63, 3.8) is 0 Å². The molecule has 140 valence electrons. The molecule has 2 rings (SSSR count). The van der Waals surface area contributed by atoms with Crippen molar-refractivity contribution >= 4 is 31.7 Å². The molecule has 0 radical (unpaired) electrons. The Kier molecular flexibility index (Phi) is 5.15. The van der Waals surface area contributed by atoms with Crippen molar-refractivity contribution in [1.82, 2.24) is 10.5 Å². The highest BCUT2D eigenvalue weighted by atomic mass is 32.2. The minimum Gasteiger partial charge on any atom is -0.384 e. The van der Waals surface area contributed by atoms with E-state index in [1.54, 1.807) is 0 Å². The van der Waals surface area contributed by atoms with Crippen molar-refractivity contribution in [2.45, 2.75) is 9.79 Å². The number of pyridine rings is 1. The number of anilines is 1. The minimum atomic E-state index is -4.58. The van der Waals surface area contributed by atoms with E-state index in [4.69, 9.17) is 27.6 Å². The molecular formula is C12H16N8O4S2. The monoisotopic (exact) mass is 400 g/mol. The molecule has 0 bridgehead atoms. The zero-order chi connectivity index (χ0) is 19.7. The van der Waals surface area contributed by atoms with Crippen molar-refractivity contribution in [1.29, 1.82) is 0 Å². The van der Waals surface area contributed by atoms with E-state index in [-0.39, 0.29) is 16.9 Å². The summed E-state index contributed by atoms with van der Waals surface area (Å²) >= 11 is 0. The van der Waals surface area contributed by atoms with Crippen molar-refractivity contribution < 1.29 is 16.8 Å². The second-order valence-electron chi connectivity index (χ2n) is 5.00. The largest absolute Gasteiger partial charge is 0.384 e. The zero-order valence-electron chi connectivity index (χ0n) is 13.1. The van der Waals surface area contributed by atoms with Crippen LogP contribution >= 0.6 is 0 Å². The molecule has 0 fully saturated rings. The Bertz CT molecular complexity index is 1080. The Morgan fingerprint density at radius 1 is 1.04 bits per heavy atom. The van der Waals surface area contributed by atoms with Crippen molar-refractivity contribution in [3.8, 4) is 11.1 Å². The van der Waals surface area contributed by atoms with Crippen LogP contribution < -0.4 is 33.1 Å². The predicted octanol–water partition coefficient (Wildman–Crippen LogP) is -2.29. The second-order valence-corrected chi connectivity index (χ2v) is 8.03. The van der Waals surface area contributed by atoms with E-state index < -0.39 is 35.7 Å². The van der Waals surface area contributed by atoms with Gasteiger partial charge in [0, 0.05) is 17.3 Å². The number of primary sulfonamides is 2. The van der Waals surface area contributed by atoms with Crippen molar-refractivity contribution in [2.75, 3.05) is 5.73 Å². The molecule has 0 unspecified atom stereocenters. The van der Waals surface area contributed by atoms with Gasteiger partial charge in [-0.25, -0.2) is 43.5 Å². The van der Waals surface area contributed by atoms with Crippen LogP contribution in [0.4, 0.5) is 5.82 Å². The Labute approximate surface area is 149 Å². The van der Waals surface area contributed by atoms with Crippen molar-refractivity contribution in [3.05, 3.63) is 36.0 Å². The Hall–Kier alpha value is -2.78. The summed E-state index contributed by atoms with van der Waals surface area (Å²) in [5.74, 6) is 4.87. The molecule has 2 aromatic rings. The van der Waals surface area contributed by atoms with Gasteiger partial charge in [0.1, 0.15) is 15.6 Å². The maximum Gasteiger partial charge on any atom is 0.240 e. The number of nitrogen functional groups attached to an aromatic ring is 1. The topological polar surface area (TPSA) is 236 Å². The van der Waals surface area contributed by atoms with Gasteiger partial charge >= 0.3 is 0 Å². The van der Waals surface area contributed by atoms with Crippen LogP contribution in [0.2, 0.25) is 0 Å². The van der Waals surface area contributed by atoms with E-state index in [1.165, 1.54) is 24.4 Å². The fourth-order valence-electron chi connectivity index (χ4n) is 2.25. The molecule has 1 heterocycles. The standard InChI is InChI=1S/C12H16N8O4S2/c13-9-4-1-6(5-18-9)7-2-3-8(25(16,21)22)11(26(17,23)24)10(7)12(14)19-20-15/h1-5,20H,15H2,(H2,13,18)(H2,14,19)(H2,16,21,22)(H2,17,23,24). The first-order valence-corrected chi connectivity index (χ1v) is 9.79. The van der Waals surface area contributed by atoms with Gasteiger partial charge in [-0.1, -0.05) is 6.07 Å². The Morgan fingerprint density at radius 2 is 1.69 bits per heavy atom. The second kappa shape index (κ2) is 6.85. The van der Waals surface area contributed by atoms with Gasteiger partial charge in [-0.15, -0.1) is 5.10 Å². The zero-order valence-corrected chi connectivity index (χ0v) is 14.8. The van der Waals surface area contributed by atoms with E-state index in [0.717, 1.165) is 6.07 Å². The highest BCUT2D eigenvalue weighted by Gasteiger charge is 2.29. The van der Waals surface area contributed by atoms with Gasteiger partial charge in [0.05, 0.1) is 0 Å². The van der Waals surface area contributed by atoms with Crippen LogP contribution in [-0.4, -0.2) is 27.7 Å². The van der Waals surface area contributed by atoms with E-state index in [0.29, 0.717) is 5.56 Å². The Balaban J connectivity index is 3.04. The predicted molar refractivity (Wildman–Crippen MR) is 94.9 cm³/mol. The molecule has 0 aliphatic rings. The van der Waals surface area contributed by atoms with Gasteiger partial charge in [0.2, 0.25) is 20.0 Å². The average molecular weight is 400 g/mol. The molecule has 0 saturated heterocycles. The summed E-state index contributed by atoms with van der Waals surface area (Å²) in [6.07, 6.45) is 1.33. The van der Waals surface area contributed by atoms with Crippen LogP contribution in [-0.2, 0) is 20.0 Å². The number of nitrogens with one attached hydrogen (secondary N) is 1. The van der Waals surface area contributed by atoms with E-state index in [2.05, 4.69) is 10.1 Å². The van der Waals surface area contributed by atoms with Gasteiger partial charge in [0.25, 0.3) is 0 Å². The van der Waals surface area contributed by atoms with E-state index in [9.17, 15) is 16.8 Å². The fraction of sp³-hybridized carbons (Fsp3) is 0. The summed E-state index contributed by atoms with van der Waals surface area (Å²) < 4.78 is 47.9. The van der Waals surface area contributed by atoms with Crippen LogP contribution in [0.1, 0.15) is 5.56 Å². The molecule has 0 spiro atoms. The summed E-state index contributed by atoms with van der Waals surface area (Å²) in [5.41, 5.74) is 13.5. The quantitative estimate of drug-likeness (QED) is 0.137. The summed E-state index contributed by atoms with van der Waals surface area (Å²) in [6.45, 7) is 0. The third-order valence-corrected chi connectivity index (χ3v) is 5.33. The maximum absolute atomic E-state index is 12.1. The van der Waals surface area contributed by atoms with E-state index in [1.807, 2.05) is 5.53 Å². The SMILES string of the molecule is NN/N=C(\N)c1c(-c2ccc(N)nc2)ccc(S(N)(=O)=O)c1S(N)(=O)=O. The van der Waals surface area contributed by atoms with Gasteiger partial charge in [-0.3, -0.25) is 0 Å². The Morgan fingerprint density at radius 3 is 2.15 bits per heavy atom. The summed E-state index contributed by atoms with van der Waals surface area (Å²) in [7, 11) is -9.03. The molecule has 0 atom stereocenters. The van der Waals surface area contributed by atoms with Crippen LogP contribution in [0, 0.1) is 0 Å². The first-order chi connectivity index (χ1) is 12.0. The number of hydrogen-bond donors (Lipinski definition) is 6. The molecule has 0 amide bonds. The normalized spacial score (nSPS) is 12.8. The summed E-state index contributed by atoms with van der Waals surface area (Å²) in [4.78, 5) is 2.35. The number of nitrogens with two attached hydrogens (primary N) is 5. The molecular weight excluding hydrogens is 384 g/mol. The third-order valence-electron chi connectivity index (χ3n) is 3.25. The molecule has 14 heteroatoms. The molecule has 0 aliphatic carbocycles. The van der Waals surface area contributed by atoms with Gasteiger partial charge in [-0.05, 0) is 23.8 Å². The highest BCUT2D eigenvalue weighted by molar-refractivity contribution is 7.92. The average Bonchev–Trinajstić information content (AvgIpc) is 2.52.